The molecule has 1 amide bonds. The summed E-state index contributed by atoms with van der Waals surface area (Å²) in [6.07, 6.45) is 4.21. The first-order valence-corrected chi connectivity index (χ1v) is 13.5. The summed E-state index contributed by atoms with van der Waals surface area (Å²) in [4.78, 5) is 38.2. The van der Waals surface area contributed by atoms with Crippen LogP contribution >= 0.6 is 24.0 Å². The minimum absolute atomic E-state index is 0.0177. The number of hydrogen-bond donors (Lipinski definition) is 0. The van der Waals surface area contributed by atoms with Crippen LogP contribution in [0.2, 0.25) is 0 Å². The standard InChI is InChI=1S/C27H28FN5O2S2/c1-4-18(3)33-26(35)22(37-27(33)36)15-21-24(29-23-10-5-17(2)16-32(23)25(21)34)31-13-11-30(12-14-31)20-8-6-19(28)7-9-20/h5-10,15-16,18H,4,11-14H2,1-3H3/b22-15-/t18-/m0/s1. The van der Waals surface area contributed by atoms with Gasteiger partial charge < -0.3 is 9.80 Å². The molecular weight excluding hydrogens is 509 g/mol. The molecule has 1 aromatic carbocycles. The lowest BCUT2D eigenvalue weighted by Crippen LogP contribution is -2.47. The van der Waals surface area contributed by atoms with Gasteiger partial charge in [-0.25, -0.2) is 9.37 Å². The molecule has 2 saturated heterocycles. The Morgan fingerprint density at radius 1 is 1.08 bits per heavy atom. The third-order valence-corrected chi connectivity index (χ3v) is 8.22. The van der Waals surface area contributed by atoms with E-state index in [2.05, 4.69) is 9.80 Å². The molecule has 2 aliphatic rings. The van der Waals surface area contributed by atoms with Gasteiger partial charge in [0, 0.05) is 44.1 Å². The molecule has 0 radical (unpaired) electrons. The Morgan fingerprint density at radius 2 is 1.76 bits per heavy atom. The fraction of sp³-hybridized carbons (Fsp3) is 0.333. The Hall–Kier alpha value is -3.24. The SMILES string of the molecule is CC[C@H](C)N1C(=O)/C(=C/c2c(N3CCN(c4ccc(F)cc4)CC3)nc3ccc(C)cn3c2=O)SC1=S. The normalized spacial score (nSPS) is 18.4. The number of hydrogen-bond acceptors (Lipinski definition) is 7. The second-order valence-corrected chi connectivity index (χ2v) is 11.0. The number of thiocarbonyl (C=S) groups is 1. The molecule has 0 aliphatic carbocycles. The number of halogens is 1. The van der Waals surface area contributed by atoms with E-state index in [0.29, 0.717) is 52.4 Å². The molecule has 0 spiro atoms. The molecule has 10 heteroatoms. The first-order valence-electron chi connectivity index (χ1n) is 12.3. The van der Waals surface area contributed by atoms with Crippen molar-refractivity contribution in [2.24, 2.45) is 0 Å². The van der Waals surface area contributed by atoms with Gasteiger partial charge in [-0.05, 0) is 62.2 Å². The minimum Gasteiger partial charge on any atom is -0.368 e. The topological polar surface area (TPSA) is 61.2 Å². The highest BCUT2D eigenvalue weighted by Crippen LogP contribution is 2.35. The van der Waals surface area contributed by atoms with Gasteiger partial charge in [-0.3, -0.25) is 18.9 Å². The summed E-state index contributed by atoms with van der Waals surface area (Å²) >= 11 is 6.72. The number of carbonyl (C=O) groups excluding carboxylic acids is 1. The Bertz CT molecular complexity index is 1460. The molecule has 0 saturated carbocycles. The molecule has 2 aliphatic heterocycles. The van der Waals surface area contributed by atoms with Crippen molar-refractivity contribution in [1.29, 1.82) is 0 Å². The highest BCUT2D eigenvalue weighted by molar-refractivity contribution is 8.26. The Balaban J connectivity index is 1.53. The Labute approximate surface area is 224 Å². The number of amides is 1. The van der Waals surface area contributed by atoms with Crippen molar-refractivity contribution in [3.05, 3.63) is 74.8 Å². The predicted molar refractivity (Wildman–Crippen MR) is 152 cm³/mol. The van der Waals surface area contributed by atoms with Crippen LogP contribution < -0.4 is 15.4 Å². The Kier molecular flexibility index (Phi) is 7.04. The van der Waals surface area contributed by atoms with E-state index in [1.807, 2.05) is 32.9 Å². The molecule has 2 fully saturated rings. The highest BCUT2D eigenvalue weighted by Gasteiger charge is 2.35. The molecule has 3 aromatic rings. The van der Waals surface area contributed by atoms with E-state index < -0.39 is 0 Å². The van der Waals surface area contributed by atoms with Crippen LogP contribution in [0.4, 0.5) is 15.9 Å². The van der Waals surface area contributed by atoms with Crippen molar-refractivity contribution < 1.29 is 9.18 Å². The van der Waals surface area contributed by atoms with Gasteiger partial charge in [0.1, 0.15) is 21.6 Å². The second-order valence-electron chi connectivity index (χ2n) is 9.35. The van der Waals surface area contributed by atoms with E-state index in [-0.39, 0.29) is 23.3 Å². The summed E-state index contributed by atoms with van der Waals surface area (Å²) in [6.45, 7) is 8.53. The first-order chi connectivity index (χ1) is 17.8. The van der Waals surface area contributed by atoms with E-state index >= 15 is 0 Å². The van der Waals surface area contributed by atoms with Crippen LogP contribution in [0.5, 0.6) is 0 Å². The van der Waals surface area contributed by atoms with Gasteiger partial charge in [0.05, 0.1) is 10.5 Å². The van der Waals surface area contributed by atoms with Crippen molar-refractivity contribution in [3.8, 4) is 0 Å². The van der Waals surface area contributed by atoms with Crippen LogP contribution in [-0.2, 0) is 4.79 Å². The number of benzene rings is 1. The lowest BCUT2D eigenvalue weighted by atomic mass is 10.2. The zero-order valence-corrected chi connectivity index (χ0v) is 22.6. The molecule has 1 atom stereocenters. The molecule has 7 nitrogen and oxygen atoms in total. The zero-order chi connectivity index (χ0) is 26.3. The fourth-order valence-electron chi connectivity index (χ4n) is 4.62. The number of aromatic nitrogens is 2. The fourth-order valence-corrected chi connectivity index (χ4v) is 6.06. The maximum atomic E-state index is 13.7. The summed E-state index contributed by atoms with van der Waals surface area (Å²) in [7, 11) is 0. The molecule has 0 N–H and O–H groups in total. The quantitative estimate of drug-likeness (QED) is 0.352. The monoisotopic (exact) mass is 537 g/mol. The smallest absolute Gasteiger partial charge is 0.267 e. The van der Waals surface area contributed by atoms with Crippen molar-refractivity contribution in [1.82, 2.24) is 14.3 Å². The Morgan fingerprint density at radius 3 is 2.43 bits per heavy atom. The van der Waals surface area contributed by atoms with Gasteiger partial charge in [0.2, 0.25) is 0 Å². The number of aryl methyl sites for hydroxylation is 1. The average Bonchev–Trinajstić information content (AvgIpc) is 3.18. The predicted octanol–water partition coefficient (Wildman–Crippen LogP) is 4.47. The van der Waals surface area contributed by atoms with E-state index in [0.717, 1.165) is 17.7 Å². The van der Waals surface area contributed by atoms with Crippen molar-refractivity contribution in [2.45, 2.75) is 33.2 Å². The number of thioether (sulfide) groups is 1. The number of fused-ring (bicyclic) bond motifs is 1. The molecule has 0 bridgehead atoms. The number of anilines is 2. The third kappa shape index (κ3) is 4.87. The van der Waals surface area contributed by atoms with Gasteiger partial charge >= 0.3 is 0 Å². The van der Waals surface area contributed by atoms with Crippen LogP contribution in [0.3, 0.4) is 0 Å². The summed E-state index contributed by atoms with van der Waals surface area (Å²) < 4.78 is 15.4. The van der Waals surface area contributed by atoms with Crippen LogP contribution in [-0.4, -0.2) is 56.7 Å². The van der Waals surface area contributed by atoms with Gasteiger partial charge in [0.15, 0.2) is 0 Å². The number of nitrogens with zero attached hydrogens (tertiary/aromatic N) is 5. The number of piperazine rings is 1. The van der Waals surface area contributed by atoms with Crippen molar-refractivity contribution in [3.63, 3.8) is 0 Å². The highest BCUT2D eigenvalue weighted by atomic mass is 32.2. The van der Waals surface area contributed by atoms with Crippen LogP contribution in [0.1, 0.15) is 31.4 Å². The summed E-state index contributed by atoms with van der Waals surface area (Å²) in [6, 6.07) is 10.2. The lowest BCUT2D eigenvalue weighted by molar-refractivity contribution is -0.123. The molecule has 0 unspecified atom stereocenters. The largest absolute Gasteiger partial charge is 0.368 e. The van der Waals surface area contributed by atoms with Gasteiger partial charge in [-0.2, -0.15) is 0 Å². The molecule has 4 heterocycles. The molecule has 2 aromatic heterocycles. The first kappa shape index (κ1) is 25.4. The maximum absolute atomic E-state index is 13.7. The van der Waals surface area contributed by atoms with E-state index in [1.165, 1.54) is 28.3 Å². The molecule has 192 valence electrons. The van der Waals surface area contributed by atoms with E-state index in [1.54, 1.807) is 29.3 Å². The summed E-state index contributed by atoms with van der Waals surface area (Å²) in [5.74, 6) is 0.119. The average molecular weight is 538 g/mol. The van der Waals surface area contributed by atoms with E-state index in [4.69, 9.17) is 17.2 Å². The molecule has 37 heavy (non-hydrogen) atoms. The van der Waals surface area contributed by atoms with E-state index in [9.17, 15) is 14.0 Å². The van der Waals surface area contributed by atoms with Gasteiger partial charge in [-0.15, -0.1) is 0 Å². The summed E-state index contributed by atoms with van der Waals surface area (Å²) in [5, 5.41) is 0. The zero-order valence-electron chi connectivity index (χ0n) is 21.0. The van der Waals surface area contributed by atoms with Gasteiger partial charge in [0.25, 0.3) is 11.5 Å². The minimum atomic E-state index is -0.262. The number of rotatable bonds is 5. The van der Waals surface area contributed by atoms with Crippen molar-refractivity contribution in [2.75, 3.05) is 36.0 Å². The molecule has 5 rings (SSSR count). The second kappa shape index (κ2) is 10.3. The summed E-state index contributed by atoms with van der Waals surface area (Å²) in [5.41, 5.74) is 2.60. The third-order valence-electron chi connectivity index (χ3n) is 6.89. The molecular formula is C27H28FN5O2S2. The number of carbonyl (C=O) groups is 1. The van der Waals surface area contributed by atoms with Crippen molar-refractivity contribution >= 4 is 57.4 Å². The van der Waals surface area contributed by atoms with Crippen LogP contribution in [0.15, 0.2) is 52.3 Å². The maximum Gasteiger partial charge on any atom is 0.267 e. The lowest BCUT2D eigenvalue weighted by Gasteiger charge is -2.37. The van der Waals surface area contributed by atoms with Crippen LogP contribution in [0, 0.1) is 12.7 Å². The van der Waals surface area contributed by atoms with Crippen LogP contribution in [0.25, 0.3) is 11.7 Å². The van der Waals surface area contributed by atoms with Gasteiger partial charge in [-0.1, -0.05) is 37.0 Å². The number of pyridine rings is 1.